The first kappa shape index (κ1) is 14.3. The number of hydrogen-bond donors (Lipinski definition) is 2. The van der Waals surface area contributed by atoms with Crippen molar-refractivity contribution in [2.45, 2.75) is 13.1 Å². The second kappa shape index (κ2) is 6.88. The fraction of sp³-hybridized carbons (Fsp3) is 0.267. The Hall–Kier alpha value is -2.11. The summed E-state index contributed by atoms with van der Waals surface area (Å²) < 4.78 is 5.00. The molecule has 0 bridgehead atoms. The SMILES string of the molecule is CN(CC(=O)Nc1ccc(CN)cc1)Cc1ccoc1. The van der Waals surface area contributed by atoms with Gasteiger partial charge in [0.05, 0.1) is 19.1 Å². The van der Waals surface area contributed by atoms with E-state index in [1.807, 2.05) is 42.3 Å². The van der Waals surface area contributed by atoms with Crippen molar-refractivity contribution in [1.82, 2.24) is 4.90 Å². The zero-order valence-corrected chi connectivity index (χ0v) is 11.5. The number of rotatable bonds is 6. The number of likely N-dealkylation sites (N-methyl/N-ethyl adjacent to an activating group) is 1. The number of hydrogen-bond acceptors (Lipinski definition) is 4. The van der Waals surface area contributed by atoms with E-state index in [0.29, 0.717) is 19.6 Å². The molecule has 5 heteroatoms. The van der Waals surface area contributed by atoms with Gasteiger partial charge in [-0.25, -0.2) is 0 Å². The highest BCUT2D eigenvalue weighted by Gasteiger charge is 2.08. The summed E-state index contributed by atoms with van der Waals surface area (Å²) in [4.78, 5) is 13.8. The van der Waals surface area contributed by atoms with Crippen LogP contribution in [0.1, 0.15) is 11.1 Å². The molecule has 0 spiro atoms. The summed E-state index contributed by atoms with van der Waals surface area (Å²) in [6, 6.07) is 9.42. The molecule has 1 amide bonds. The van der Waals surface area contributed by atoms with Gasteiger partial charge in [0.1, 0.15) is 0 Å². The maximum atomic E-state index is 11.9. The molecule has 0 fully saturated rings. The number of nitrogens with two attached hydrogens (primary N) is 1. The van der Waals surface area contributed by atoms with Gasteiger partial charge in [0, 0.05) is 24.3 Å². The standard InChI is InChI=1S/C15H19N3O2/c1-18(9-13-6-7-20-11-13)10-15(19)17-14-4-2-12(8-16)3-5-14/h2-7,11H,8-10,16H2,1H3,(H,17,19). The van der Waals surface area contributed by atoms with E-state index in [1.54, 1.807) is 12.5 Å². The Labute approximate surface area is 118 Å². The van der Waals surface area contributed by atoms with E-state index in [1.165, 1.54) is 0 Å². The summed E-state index contributed by atoms with van der Waals surface area (Å²) in [5.41, 5.74) is 8.40. The summed E-state index contributed by atoms with van der Waals surface area (Å²) >= 11 is 0. The molecule has 0 aliphatic heterocycles. The van der Waals surface area contributed by atoms with Gasteiger partial charge in [-0.05, 0) is 30.8 Å². The third-order valence-corrected chi connectivity index (χ3v) is 2.92. The number of nitrogens with one attached hydrogen (secondary N) is 1. The van der Waals surface area contributed by atoms with E-state index in [2.05, 4.69) is 5.32 Å². The highest BCUT2D eigenvalue weighted by Crippen LogP contribution is 2.09. The minimum atomic E-state index is -0.0449. The van der Waals surface area contributed by atoms with Crippen LogP contribution in [0.25, 0.3) is 0 Å². The zero-order chi connectivity index (χ0) is 14.4. The third kappa shape index (κ3) is 4.22. The largest absolute Gasteiger partial charge is 0.472 e. The van der Waals surface area contributed by atoms with Crippen molar-refractivity contribution in [3.8, 4) is 0 Å². The van der Waals surface area contributed by atoms with Crippen molar-refractivity contribution >= 4 is 11.6 Å². The highest BCUT2D eigenvalue weighted by atomic mass is 16.3. The summed E-state index contributed by atoms with van der Waals surface area (Å²) in [6.45, 7) is 1.50. The molecular formula is C15H19N3O2. The van der Waals surface area contributed by atoms with Crippen molar-refractivity contribution < 1.29 is 9.21 Å². The van der Waals surface area contributed by atoms with Crippen molar-refractivity contribution in [3.63, 3.8) is 0 Å². The lowest BCUT2D eigenvalue weighted by molar-refractivity contribution is -0.117. The molecule has 1 aromatic heterocycles. The van der Waals surface area contributed by atoms with Crippen LogP contribution in [0.3, 0.4) is 0 Å². The smallest absolute Gasteiger partial charge is 0.238 e. The van der Waals surface area contributed by atoms with Crippen LogP contribution in [0.5, 0.6) is 0 Å². The number of furan rings is 1. The van der Waals surface area contributed by atoms with E-state index < -0.39 is 0 Å². The van der Waals surface area contributed by atoms with Gasteiger partial charge < -0.3 is 15.5 Å². The lowest BCUT2D eigenvalue weighted by atomic mass is 10.2. The van der Waals surface area contributed by atoms with Crippen LogP contribution in [-0.2, 0) is 17.9 Å². The summed E-state index contributed by atoms with van der Waals surface area (Å²) in [7, 11) is 1.89. The third-order valence-electron chi connectivity index (χ3n) is 2.92. The normalized spacial score (nSPS) is 10.8. The Morgan fingerprint density at radius 2 is 2.00 bits per heavy atom. The van der Waals surface area contributed by atoms with Crippen LogP contribution in [-0.4, -0.2) is 24.4 Å². The monoisotopic (exact) mass is 273 g/mol. The van der Waals surface area contributed by atoms with E-state index in [9.17, 15) is 4.79 Å². The van der Waals surface area contributed by atoms with Gasteiger partial charge in [0.25, 0.3) is 0 Å². The molecule has 0 saturated carbocycles. The van der Waals surface area contributed by atoms with Gasteiger partial charge in [-0.3, -0.25) is 9.69 Å². The van der Waals surface area contributed by atoms with Crippen molar-refractivity contribution in [3.05, 3.63) is 54.0 Å². The average molecular weight is 273 g/mol. The van der Waals surface area contributed by atoms with Crippen LogP contribution in [0.4, 0.5) is 5.69 Å². The fourth-order valence-corrected chi connectivity index (χ4v) is 1.92. The molecule has 0 radical (unpaired) electrons. The molecule has 106 valence electrons. The predicted octanol–water partition coefficient (Wildman–Crippen LogP) is 1.81. The molecule has 3 N–H and O–H groups in total. The number of nitrogens with zero attached hydrogens (tertiary/aromatic N) is 1. The minimum absolute atomic E-state index is 0.0449. The van der Waals surface area contributed by atoms with Gasteiger partial charge in [-0.2, -0.15) is 0 Å². The molecule has 0 saturated heterocycles. The summed E-state index contributed by atoms with van der Waals surface area (Å²) in [5, 5.41) is 2.86. The first-order valence-corrected chi connectivity index (χ1v) is 6.46. The Kier molecular flexibility index (Phi) is 4.92. The Morgan fingerprint density at radius 3 is 2.60 bits per heavy atom. The zero-order valence-electron chi connectivity index (χ0n) is 11.5. The molecule has 0 atom stereocenters. The van der Waals surface area contributed by atoms with Crippen molar-refractivity contribution in [2.24, 2.45) is 5.73 Å². The molecule has 1 aromatic carbocycles. The van der Waals surface area contributed by atoms with Crippen LogP contribution < -0.4 is 11.1 Å². The first-order chi connectivity index (χ1) is 9.67. The molecule has 5 nitrogen and oxygen atoms in total. The van der Waals surface area contributed by atoms with E-state index in [-0.39, 0.29) is 5.91 Å². The lowest BCUT2D eigenvalue weighted by Crippen LogP contribution is -2.29. The molecule has 0 aliphatic rings. The quantitative estimate of drug-likeness (QED) is 0.842. The molecule has 2 rings (SSSR count). The number of anilines is 1. The maximum absolute atomic E-state index is 11.9. The molecule has 20 heavy (non-hydrogen) atoms. The Balaban J connectivity index is 1.82. The van der Waals surface area contributed by atoms with E-state index in [0.717, 1.165) is 16.8 Å². The van der Waals surface area contributed by atoms with Gasteiger partial charge in [0.15, 0.2) is 0 Å². The predicted molar refractivity (Wildman–Crippen MR) is 78.0 cm³/mol. The van der Waals surface area contributed by atoms with Crippen LogP contribution in [0, 0.1) is 0 Å². The van der Waals surface area contributed by atoms with Gasteiger partial charge in [-0.1, -0.05) is 12.1 Å². The first-order valence-electron chi connectivity index (χ1n) is 6.46. The van der Waals surface area contributed by atoms with E-state index in [4.69, 9.17) is 10.2 Å². The summed E-state index contributed by atoms with van der Waals surface area (Å²) in [6.07, 6.45) is 3.31. The number of benzene rings is 1. The Bertz CT molecular complexity index is 535. The van der Waals surface area contributed by atoms with Crippen molar-refractivity contribution in [1.29, 1.82) is 0 Å². The fourth-order valence-electron chi connectivity index (χ4n) is 1.92. The van der Waals surface area contributed by atoms with E-state index >= 15 is 0 Å². The lowest BCUT2D eigenvalue weighted by Gasteiger charge is -2.15. The number of carbonyl (C=O) groups excluding carboxylic acids is 1. The number of amides is 1. The molecular weight excluding hydrogens is 254 g/mol. The molecule has 2 aromatic rings. The molecule has 0 aliphatic carbocycles. The van der Waals surface area contributed by atoms with Gasteiger partial charge >= 0.3 is 0 Å². The topological polar surface area (TPSA) is 71.5 Å². The molecule has 1 heterocycles. The Morgan fingerprint density at radius 1 is 1.25 bits per heavy atom. The van der Waals surface area contributed by atoms with Crippen LogP contribution in [0.2, 0.25) is 0 Å². The maximum Gasteiger partial charge on any atom is 0.238 e. The van der Waals surface area contributed by atoms with Crippen LogP contribution in [0.15, 0.2) is 47.3 Å². The second-order valence-corrected chi connectivity index (χ2v) is 4.75. The van der Waals surface area contributed by atoms with Crippen molar-refractivity contribution in [2.75, 3.05) is 18.9 Å². The van der Waals surface area contributed by atoms with Crippen LogP contribution >= 0.6 is 0 Å². The highest BCUT2D eigenvalue weighted by molar-refractivity contribution is 5.92. The minimum Gasteiger partial charge on any atom is -0.472 e. The van der Waals surface area contributed by atoms with Gasteiger partial charge in [0.2, 0.25) is 5.91 Å². The summed E-state index contributed by atoms with van der Waals surface area (Å²) in [5.74, 6) is -0.0449. The molecule has 0 unspecified atom stereocenters. The average Bonchev–Trinajstić information content (AvgIpc) is 2.92. The second-order valence-electron chi connectivity index (χ2n) is 4.75. The number of carbonyl (C=O) groups is 1. The van der Waals surface area contributed by atoms with Gasteiger partial charge in [-0.15, -0.1) is 0 Å².